The SMILES string of the molecule is O=C(CS(=O)(=O)c1ccc(Cl)cc1)N(Cc1ccccn1)C1CC1. The Morgan fingerprint density at radius 2 is 1.88 bits per heavy atom. The van der Waals surface area contributed by atoms with E-state index in [1.54, 1.807) is 17.2 Å². The van der Waals surface area contributed by atoms with Crippen LogP contribution in [0.2, 0.25) is 5.02 Å². The summed E-state index contributed by atoms with van der Waals surface area (Å²) in [5, 5.41) is 0.454. The van der Waals surface area contributed by atoms with Crippen LogP contribution in [0.15, 0.2) is 53.6 Å². The number of aromatic nitrogens is 1. The molecule has 1 saturated carbocycles. The summed E-state index contributed by atoms with van der Waals surface area (Å²) in [5.74, 6) is -0.934. The van der Waals surface area contributed by atoms with Gasteiger partial charge in [0.05, 0.1) is 17.1 Å². The van der Waals surface area contributed by atoms with Crippen molar-refractivity contribution in [2.75, 3.05) is 5.75 Å². The quantitative estimate of drug-likeness (QED) is 0.790. The van der Waals surface area contributed by atoms with Gasteiger partial charge in [-0.15, -0.1) is 0 Å². The fraction of sp³-hybridized carbons (Fsp3) is 0.294. The van der Waals surface area contributed by atoms with Crippen LogP contribution >= 0.6 is 11.6 Å². The average molecular weight is 365 g/mol. The molecule has 1 aliphatic carbocycles. The van der Waals surface area contributed by atoms with Gasteiger partial charge in [0, 0.05) is 17.3 Å². The Bertz CT molecular complexity index is 819. The topological polar surface area (TPSA) is 67.3 Å². The number of hydrogen-bond acceptors (Lipinski definition) is 4. The number of sulfone groups is 1. The van der Waals surface area contributed by atoms with Crippen LogP contribution < -0.4 is 0 Å². The molecule has 7 heteroatoms. The number of amides is 1. The maximum absolute atomic E-state index is 12.6. The molecule has 24 heavy (non-hydrogen) atoms. The molecular weight excluding hydrogens is 348 g/mol. The van der Waals surface area contributed by atoms with Crippen molar-refractivity contribution >= 4 is 27.3 Å². The summed E-state index contributed by atoms with van der Waals surface area (Å²) in [4.78, 5) is 18.5. The van der Waals surface area contributed by atoms with E-state index in [1.165, 1.54) is 24.3 Å². The molecule has 1 fully saturated rings. The van der Waals surface area contributed by atoms with Gasteiger partial charge < -0.3 is 4.90 Å². The number of nitrogens with zero attached hydrogens (tertiary/aromatic N) is 2. The second-order valence-corrected chi connectivity index (χ2v) is 8.21. The van der Waals surface area contributed by atoms with E-state index in [9.17, 15) is 13.2 Å². The van der Waals surface area contributed by atoms with Gasteiger partial charge in [-0.3, -0.25) is 9.78 Å². The Balaban J connectivity index is 1.75. The van der Waals surface area contributed by atoms with E-state index in [1.807, 2.05) is 12.1 Å². The number of hydrogen-bond donors (Lipinski definition) is 0. The fourth-order valence-electron chi connectivity index (χ4n) is 2.44. The van der Waals surface area contributed by atoms with Crippen LogP contribution in [-0.4, -0.2) is 36.0 Å². The predicted molar refractivity (Wildman–Crippen MR) is 91.3 cm³/mol. The number of halogens is 1. The van der Waals surface area contributed by atoms with Crippen LogP contribution in [0, 0.1) is 0 Å². The molecule has 0 spiro atoms. The molecule has 0 aliphatic heterocycles. The highest BCUT2D eigenvalue weighted by molar-refractivity contribution is 7.92. The molecule has 0 atom stereocenters. The van der Waals surface area contributed by atoms with E-state index >= 15 is 0 Å². The first kappa shape index (κ1) is 16.9. The second kappa shape index (κ2) is 6.91. The number of carbonyl (C=O) groups excluding carboxylic acids is 1. The van der Waals surface area contributed by atoms with Crippen molar-refractivity contribution in [2.45, 2.75) is 30.3 Å². The zero-order chi connectivity index (χ0) is 17.2. The summed E-state index contributed by atoms with van der Waals surface area (Å²) >= 11 is 5.78. The standard InChI is InChI=1S/C17H17ClN2O3S/c18-13-4-8-16(9-5-13)24(22,23)12-17(21)20(15-6-7-15)11-14-3-1-2-10-19-14/h1-5,8-10,15H,6-7,11-12H2. The summed E-state index contributed by atoms with van der Waals surface area (Å²) in [6.07, 6.45) is 3.47. The van der Waals surface area contributed by atoms with Crippen LogP contribution in [0.3, 0.4) is 0 Å². The second-order valence-electron chi connectivity index (χ2n) is 5.79. The minimum Gasteiger partial charge on any atom is -0.333 e. The van der Waals surface area contributed by atoms with Gasteiger partial charge in [0.25, 0.3) is 0 Å². The van der Waals surface area contributed by atoms with Crippen molar-refractivity contribution in [2.24, 2.45) is 0 Å². The third kappa shape index (κ3) is 4.13. The van der Waals surface area contributed by atoms with Crippen LogP contribution in [0.5, 0.6) is 0 Å². The monoisotopic (exact) mass is 364 g/mol. The average Bonchev–Trinajstić information content (AvgIpc) is 3.38. The number of rotatable bonds is 6. The lowest BCUT2D eigenvalue weighted by Gasteiger charge is -2.22. The third-order valence-corrected chi connectivity index (χ3v) is 5.72. The maximum Gasteiger partial charge on any atom is 0.238 e. The summed E-state index contributed by atoms with van der Waals surface area (Å²) in [6.45, 7) is 0.334. The normalized spacial score (nSPS) is 14.4. The molecule has 2 aromatic rings. The molecule has 0 N–H and O–H groups in total. The fourth-order valence-corrected chi connectivity index (χ4v) is 3.78. The lowest BCUT2D eigenvalue weighted by atomic mass is 10.3. The van der Waals surface area contributed by atoms with Crippen molar-refractivity contribution in [3.8, 4) is 0 Å². The molecule has 1 aromatic carbocycles. The molecule has 3 rings (SSSR count). The molecule has 1 amide bonds. The van der Waals surface area contributed by atoms with Gasteiger partial charge in [0.1, 0.15) is 5.75 Å². The molecule has 0 bridgehead atoms. The van der Waals surface area contributed by atoms with Crippen LogP contribution in [-0.2, 0) is 21.2 Å². The molecule has 0 radical (unpaired) electrons. The lowest BCUT2D eigenvalue weighted by Crippen LogP contribution is -2.37. The molecule has 5 nitrogen and oxygen atoms in total. The molecular formula is C17H17ClN2O3S. The molecule has 126 valence electrons. The van der Waals surface area contributed by atoms with Crippen molar-refractivity contribution < 1.29 is 13.2 Å². The first-order valence-electron chi connectivity index (χ1n) is 7.63. The lowest BCUT2D eigenvalue weighted by molar-refractivity contribution is -0.129. The van der Waals surface area contributed by atoms with E-state index in [-0.39, 0.29) is 10.9 Å². The summed E-state index contributed by atoms with van der Waals surface area (Å²) in [6, 6.07) is 11.4. The summed E-state index contributed by atoms with van der Waals surface area (Å²) in [7, 11) is -3.69. The Morgan fingerprint density at radius 1 is 1.17 bits per heavy atom. The Kier molecular flexibility index (Phi) is 4.87. The third-order valence-electron chi connectivity index (χ3n) is 3.85. The zero-order valence-corrected chi connectivity index (χ0v) is 14.5. The highest BCUT2D eigenvalue weighted by Gasteiger charge is 2.34. The van der Waals surface area contributed by atoms with Crippen molar-refractivity contribution in [3.63, 3.8) is 0 Å². The minimum atomic E-state index is -3.69. The van der Waals surface area contributed by atoms with Gasteiger partial charge in [-0.05, 0) is 49.2 Å². The number of carbonyl (C=O) groups is 1. The van der Waals surface area contributed by atoms with E-state index in [4.69, 9.17) is 11.6 Å². The molecule has 0 saturated heterocycles. The van der Waals surface area contributed by atoms with Gasteiger partial charge in [-0.2, -0.15) is 0 Å². The van der Waals surface area contributed by atoms with Gasteiger partial charge in [0.15, 0.2) is 9.84 Å². The smallest absolute Gasteiger partial charge is 0.238 e. The largest absolute Gasteiger partial charge is 0.333 e. The molecule has 1 aliphatic rings. The van der Waals surface area contributed by atoms with Gasteiger partial charge >= 0.3 is 0 Å². The number of pyridine rings is 1. The predicted octanol–water partition coefficient (Wildman–Crippen LogP) is 2.70. The van der Waals surface area contributed by atoms with Crippen LogP contribution in [0.4, 0.5) is 0 Å². The van der Waals surface area contributed by atoms with Crippen LogP contribution in [0.25, 0.3) is 0 Å². The van der Waals surface area contributed by atoms with E-state index in [0.717, 1.165) is 18.5 Å². The van der Waals surface area contributed by atoms with Crippen molar-refractivity contribution in [1.82, 2.24) is 9.88 Å². The van der Waals surface area contributed by atoms with Crippen molar-refractivity contribution in [3.05, 3.63) is 59.4 Å². The summed E-state index contributed by atoms with van der Waals surface area (Å²) in [5.41, 5.74) is 0.752. The molecule has 0 unspecified atom stereocenters. The first-order chi connectivity index (χ1) is 11.5. The minimum absolute atomic E-state index is 0.105. The van der Waals surface area contributed by atoms with Gasteiger partial charge in [-0.1, -0.05) is 17.7 Å². The Hall–Kier alpha value is -1.92. The first-order valence-corrected chi connectivity index (χ1v) is 9.66. The highest BCUT2D eigenvalue weighted by Crippen LogP contribution is 2.29. The summed E-state index contributed by atoms with van der Waals surface area (Å²) < 4.78 is 24.9. The molecule has 1 aromatic heterocycles. The van der Waals surface area contributed by atoms with E-state index in [0.29, 0.717) is 11.6 Å². The maximum atomic E-state index is 12.6. The van der Waals surface area contributed by atoms with E-state index < -0.39 is 21.5 Å². The van der Waals surface area contributed by atoms with Crippen LogP contribution in [0.1, 0.15) is 18.5 Å². The Labute approximate surface area is 146 Å². The zero-order valence-electron chi connectivity index (χ0n) is 12.9. The molecule has 1 heterocycles. The highest BCUT2D eigenvalue weighted by atomic mass is 35.5. The van der Waals surface area contributed by atoms with Gasteiger partial charge in [0.2, 0.25) is 5.91 Å². The van der Waals surface area contributed by atoms with Gasteiger partial charge in [-0.25, -0.2) is 8.42 Å². The number of benzene rings is 1. The van der Waals surface area contributed by atoms with Crippen molar-refractivity contribution in [1.29, 1.82) is 0 Å². The van der Waals surface area contributed by atoms with E-state index in [2.05, 4.69) is 4.98 Å². The Morgan fingerprint density at radius 3 is 2.46 bits per heavy atom.